The van der Waals surface area contributed by atoms with Crippen LogP contribution in [0.25, 0.3) is 5.69 Å². The normalized spacial score (nSPS) is 11.3. The number of carboxylic acid groups (broad SMARTS) is 1. The molecule has 0 fully saturated rings. The minimum absolute atomic E-state index is 0.115. The van der Waals surface area contributed by atoms with E-state index in [4.69, 9.17) is 9.47 Å². The van der Waals surface area contributed by atoms with E-state index in [9.17, 15) is 18.3 Å². The van der Waals surface area contributed by atoms with Crippen LogP contribution in [0.4, 0.5) is 5.69 Å². The topological polar surface area (TPSA) is 107 Å². The molecule has 0 saturated heterocycles. The Hall–Kier alpha value is -3.30. The summed E-state index contributed by atoms with van der Waals surface area (Å²) in [5.41, 5.74) is 2.57. The third kappa shape index (κ3) is 5.07. The number of aromatic carboxylic acids is 1. The van der Waals surface area contributed by atoms with Gasteiger partial charge in [0, 0.05) is 24.7 Å². The van der Waals surface area contributed by atoms with Crippen molar-refractivity contribution >= 4 is 21.7 Å². The van der Waals surface area contributed by atoms with Gasteiger partial charge in [-0.2, -0.15) is 0 Å². The number of aryl methyl sites for hydroxylation is 2. The Morgan fingerprint density at radius 3 is 2.48 bits per heavy atom. The largest absolute Gasteiger partial charge is 0.491 e. The number of benzene rings is 2. The number of ether oxygens (including phenoxy) is 2. The van der Waals surface area contributed by atoms with Crippen molar-refractivity contribution in [3.8, 4) is 11.4 Å². The summed E-state index contributed by atoms with van der Waals surface area (Å²) in [6.07, 6.45) is 1.65. The average Bonchev–Trinajstić information content (AvgIpc) is 3.19. The molecule has 0 aliphatic carbocycles. The van der Waals surface area contributed by atoms with Crippen molar-refractivity contribution in [2.45, 2.75) is 18.7 Å². The summed E-state index contributed by atoms with van der Waals surface area (Å²) >= 11 is 0. The molecule has 2 aromatic carbocycles. The molecular weight excluding hydrogens is 420 g/mol. The average molecular weight is 445 g/mol. The molecule has 164 valence electrons. The zero-order valence-corrected chi connectivity index (χ0v) is 18.3. The molecule has 31 heavy (non-hydrogen) atoms. The van der Waals surface area contributed by atoms with Crippen LogP contribution in [0.2, 0.25) is 0 Å². The summed E-state index contributed by atoms with van der Waals surface area (Å²) in [6, 6.07) is 12.7. The Labute approximate surface area is 181 Å². The van der Waals surface area contributed by atoms with Gasteiger partial charge in [0.25, 0.3) is 10.0 Å². The molecule has 2 N–H and O–H groups in total. The number of carboxylic acids is 1. The molecule has 0 amide bonds. The molecule has 0 bridgehead atoms. The lowest BCUT2D eigenvalue weighted by Crippen LogP contribution is -2.14. The van der Waals surface area contributed by atoms with Crippen molar-refractivity contribution in [3.63, 3.8) is 0 Å². The zero-order valence-electron chi connectivity index (χ0n) is 17.5. The standard InChI is InChI=1S/C22H24N2O6S/c1-15-13-17(6-8-19(15)24-10-4-5-20(24)22(25)26)23-31(27,28)18-7-9-21(16(2)14-18)30-12-11-29-3/h4-10,13-14,23H,11-12H2,1-3H3,(H,25,26). The van der Waals surface area contributed by atoms with E-state index >= 15 is 0 Å². The molecule has 1 aromatic heterocycles. The fourth-order valence-electron chi connectivity index (χ4n) is 3.15. The second kappa shape index (κ2) is 9.23. The van der Waals surface area contributed by atoms with E-state index < -0.39 is 16.0 Å². The predicted octanol–water partition coefficient (Wildman–Crippen LogP) is 3.62. The van der Waals surface area contributed by atoms with Crippen LogP contribution in [0.5, 0.6) is 5.75 Å². The van der Waals surface area contributed by atoms with Gasteiger partial charge in [0.2, 0.25) is 0 Å². The maximum atomic E-state index is 12.8. The molecule has 9 heteroatoms. The number of anilines is 1. The quantitative estimate of drug-likeness (QED) is 0.488. The number of rotatable bonds is 9. The van der Waals surface area contributed by atoms with Crippen molar-refractivity contribution < 1.29 is 27.8 Å². The molecule has 1 heterocycles. The summed E-state index contributed by atoms with van der Waals surface area (Å²) < 4.78 is 40.3. The third-order valence-electron chi connectivity index (χ3n) is 4.68. The van der Waals surface area contributed by atoms with Gasteiger partial charge in [-0.05, 0) is 73.5 Å². The molecule has 3 aromatic rings. The summed E-state index contributed by atoms with van der Waals surface area (Å²) in [5.74, 6) is -0.448. The highest BCUT2D eigenvalue weighted by atomic mass is 32.2. The van der Waals surface area contributed by atoms with E-state index in [0.29, 0.717) is 35.9 Å². The summed E-state index contributed by atoms with van der Waals surface area (Å²) in [7, 11) is -2.24. The van der Waals surface area contributed by atoms with E-state index in [1.165, 1.54) is 12.1 Å². The Morgan fingerprint density at radius 2 is 1.84 bits per heavy atom. The molecule has 0 aliphatic heterocycles. The van der Waals surface area contributed by atoms with E-state index in [0.717, 1.165) is 5.56 Å². The van der Waals surface area contributed by atoms with Gasteiger partial charge in [-0.3, -0.25) is 4.72 Å². The summed E-state index contributed by atoms with van der Waals surface area (Å²) in [5, 5.41) is 9.31. The fourth-order valence-corrected chi connectivity index (χ4v) is 4.29. The lowest BCUT2D eigenvalue weighted by molar-refractivity contribution is 0.0688. The van der Waals surface area contributed by atoms with Gasteiger partial charge in [0.15, 0.2) is 0 Å². The highest BCUT2D eigenvalue weighted by Crippen LogP contribution is 2.26. The summed E-state index contributed by atoms with van der Waals surface area (Å²) in [6.45, 7) is 4.37. The Balaban J connectivity index is 1.82. The van der Waals surface area contributed by atoms with Crippen LogP contribution in [0, 0.1) is 13.8 Å². The highest BCUT2D eigenvalue weighted by Gasteiger charge is 2.17. The van der Waals surface area contributed by atoms with Crippen molar-refractivity contribution in [3.05, 3.63) is 71.5 Å². The van der Waals surface area contributed by atoms with Gasteiger partial charge in [-0.1, -0.05) is 0 Å². The lowest BCUT2D eigenvalue weighted by Gasteiger charge is -2.14. The Morgan fingerprint density at radius 1 is 1.06 bits per heavy atom. The van der Waals surface area contributed by atoms with E-state index in [-0.39, 0.29) is 10.6 Å². The molecular formula is C22H24N2O6S. The molecule has 0 unspecified atom stereocenters. The first kappa shape index (κ1) is 22.4. The minimum atomic E-state index is -3.81. The first-order valence-electron chi connectivity index (χ1n) is 9.50. The third-order valence-corrected chi connectivity index (χ3v) is 6.06. The highest BCUT2D eigenvalue weighted by molar-refractivity contribution is 7.92. The number of aromatic nitrogens is 1. The Kier molecular flexibility index (Phi) is 6.67. The van der Waals surface area contributed by atoms with E-state index in [1.54, 1.807) is 68.1 Å². The molecule has 0 aliphatic rings. The van der Waals surface area contributed by atoms with Gasteiger partial charge in [-0.15, -0.1) is 0 Å². The molecule has 0 saturated carbocycles. The van der Waals surface area contributed by atoms with Crippen molar-refractivity contribution in [2.75, 3.05) is 25.0 Å². The number of hydrogen-bond acceptors (Lipinski definition) is 5. The second-order valence-electron chi connectivity index (χ2n) is 6.94. The number of carbonyl (C=O) groups is 1. The van der Waals surface area contributed by atoms with Crippen LogP contribution in [0.3, 0.4) is 0 Å². The van der Waals surface area contributed by atoms with Gasteiger partial charge in [0.05, 0.1) is 11.5 Å². The number of methoxy groups -OCH3 is 1. The van der Waals surface area contributed by atoms with E-state index in [1.807, 2.05) is 0 Å². The lowest BCUT2D eigenvalue weighted by atomic mass is 10.1. The molecule has 8 nitrogen and oxygen atoms in total. The first-order valence-corrected chi connectivity index (χ1v) is 11.0. The zero-order chi connectivity index (χ0) is 22.6. The van der Waals surface area contributed by atoms with Crippen LogP contribution in [0.15, 0.2) is 59.6 Å². The van der Waals surface area contributed by atoms with Crippen molar-refractivity contribution in [1.29, 1.82) is 0 Å². The molecule has 0 radical (unpaired) electrons. The number of nitrogens with one attached hydrogen (secondary N) is 1. The molecule has 0 spiro atoms. The van der Waals surface area contributed by atoms with Crippen molar-refractivity contribution in [1.82, 2.24) is 4.57 Å². The van der Waals surface area contributed by atoms with Crippen LogP contribution in [-0.2, 0) is 14.8 Å². The van der Waals surface area contributed by atoms with Gasteiger partial charge in [-0.25, -0.2) is 13.2 Å². The predicted molar refractivity (Wildman–Crippen MR) is 117 cm³/mol. The number of hydrogen-bond donors (Lipinski definition) is 2. The molecule has 3 rings (SSSR count). The van der Waals surface area contributed by atoms with E-state index in [2.05, 4.69) is 4.72 Å². The van der Waals surface area contributed by atoms with Crippen LogP contribution in [0.1, 0.15) is 21.6 Å². The SMILES string of the molecule is COCCOc1ccc(S(=O)(=O)Nc2ccc(-n3cccc3C(=O)O)c(C)c2)cc1C. The smallest absolute Gasteiger partial charge is 0.352 e. The monoisotopic (exact) mass is 444 g/mol. The second-order valence-corrected chi connectivity index (χ2v) is 8.63. The van der Waals surface area contributed by atoms with Crippen LogP contribution >= 0.6 is 0 Å². The first-order chi connectivity index (χ1) is 14.7. The number of nitrogens with zero attached hydrogens (tertiary/aromatic N) is 1. The molecule has 0 atom stereocenters. The number of sulfonamides is 1. The maximum Gasteiger partial charge on any atom is 0.352 e. The van der Waals surface area contributed by atoms with Gasteiger partial charge < -0.3 is 19.1 Å². The fraction of sp³-hybridized carbons (Fsp3) is 0.227. The maximum absolute atomic E-state index is 12.8. The van der Waals surface area contributed by atoms with Crippen molar-refractivity contribution in [2.24, 2.45) is 0 Å². The van der Waals surface area contributed by atoms with Gasteiger partial charge in [0.1, 0.15) is 18.1 Å². The van der Waals surface area contributed by atoms with Gasteiger partial charge >= 0.3 is 5.97 Å². The Bertz CT molecular complexity index is 1200. The summed E-state index contributed by atoms with van der Waals surface area (Å²) in [4.78, 5) is 11.5. The van der Waals surface area contributed by atoms with Crippen LogP contribution in [-0.4, -0.2) is 44.4 Å². The minimum Gasteiger partial charge on any atom is -0.491 e. The van der Waals surface area contributed by atoms with Crippen LogP contribution < -0.4 is 9.46 Å².